The average Bonchev–Trinajstić information content (AvgIpc) is 2.63. The maximum absolute atomic E-state index is 10.9. The van der Waals surface area contributed by atoms with Crippen LogP contribution in [-0.2, 0) is 4.79 Å². The van der Waals surface area contributed by atoms with Gasteiger partial charge < -0.3 is 5.11 Å². The third-order valence-corrected chi connectivity index (χ3v) is 3.86. The van der Waals surface area contributed by atoms with E-state index in [9.17, 15) is 4.79 Å². The molecule has 0 aliphatic heterocycles. The van der Waals surface area contributed by atoms with Gasteiger partial charge in [0.25, 0.3) is 0 Å². The highest BCUT2D eigenvalue weighted by molar-refractivity contribution is 5.70. The van der Waals surface area contributed by atoms with E-state index in [1.165, 1.54) is 0 Å². The maximum atomic E-state index is 10.9. The molecule has 0 radical (unpaired) electrons. The predicted molar refractivity (Wildman–Crippen MR) is 114 cm³/mol. The molecule has 0 fully saturated rings. The largest absolute Gasteiger partial charge is 0.481 e. The fourth-order valence-electron chi connectivity index (χ4n) is 2.22. The minimum absolute atomic E-state index is 0.250. The van der Waals surface area contributed by atoms with Crippen molar-refractivity contribution in [3.05, 3.63) is 72.9 Å². The van der Waals surface area contributed by atoms with Gasteiger partial charge in [-0.05, 0) is 51.4 Å². The molecule has 1 atom stereocenters. The van der Waals surface area contributed by atoms with Gasteiger partial charge in [0.15, 0.2) is 0 Å². The highest BCUT2D eigenvalue weighted by atomic mass is 16.4. The van der Waals surface area contributed by atoms with Crippen LogP contribution in [0.1, 0.15) is 65.2 Å². The Balaban J connectivity index is 3.65. The second kappa shape index (κ2) is 19.2. The molecular formula is C24H36O2. The quantitative estimate of drug-likeness (QED) is 0.315. The number of carbonyl (C=O) groups is 1. The molecule has 0 rings (SSSR count). The van der Waals surface area contributed by atoms with Crippen LogP contribution in [0.25, 0.3) is 0 Å². The third-order valence-electron chi connectivity index (χ3n) is 3.86. The monoisotopic (exact) mass is 356 g/mol. The van der Waals surface area contributed by atoms with Gasteiger partial charge in [0.1, 0.15) is 0 Å². The van der Waals surface area contributed by atoms with E-state index in [-0.39, 0.29) is 5.92 Å². The Morgan fingerprint density at radius 3 is 1.31 bits per heavy atom. The van der Waals surface area contributed by atoms with Gasteiger partial charge in [0, 0.05) is 0 Å². The average molecular weight is 357 g/mol. The Morgan fingerprint density at radius 2 is 1.00 bits per heavy atom. The molecule has 0 aliphatic carbocycles. The summed E-state index contributed by atoms with van der Waals surface area (Å²) < 4.78 is 0. The zero-order valence-corrected chi connectivity index (χ0v) is 16.5. The van der Waals surface area contributed by atoms with Crippen molar-refractivity contribution in [1.82, 2.24) is 0 Å². The molecule has 0 amide bonds. The fraction of sp³-hybridized carbons (Fsp3) is 0.458. The second-order valence-corrected chi connectivity index (χ2v) is 6.09. The van der Waals surface area contributed by atoms with Crippen molar-refractivity contribution in [2.45, 2.75) is 65.2 Å². The number of allylic oxidation sites excluding steroid dienone is 12. The van der Waals surface area contributed by atoms with E-state index < -0.39 is 5.97 Å². The highest BCUT2D eigenvalue weighted by Gasteiger charge is 2.11. The summed E-state index contributed by atoms with van der Waals surface area (Å²) in [6.45, 7) is 4.06. The van der Waals surface area contributed by atoms with Crippen LogP contribution in [-0.4, -0.2) is 11.1 Å². The lowest BCUT2D eigenvalue weighted by molar-refractivity contribution is -0.141. The molecule has 0 aliphatic rings. The summed E-state index contributed by atoms with van der Waals surface area (Å²) in [5, 5.41) is 8.95. The summed E-state index contributed by atoms with van der Waals surface area (Å²) >= 11 is 0. The van der Waals surface area contributed by atoms with Crippen molar-refractivity contribution < 1.29 is 9.90 Å². The summed E-state index contributed by atoms with van der Waals surface area (Å²) in [4.78, 5) is 10.9. The van der Waals surface area contributed by atoms with E-state index >= 15 is 0 Å². The maximum Gasteiger partial charge on any atom is 0.306 e. The van der Waals surface area contributed by atoms with Crippen LogP contribution in [0, 0.1) is 5.92 Å². The number of hydrogen-bond acceptors (Lipinski definition) is 1. The molecule has 0 aromatic heterocycles. The van der Waals surface area contributed by atoms with E-state index in [1.54, 1.807) is 0 Å². The van der Waals surface area contributed by atoms with Gasteiger partial charge in [-0.3, -0.25) is 4.79 Å². The Hall–Kier alpha value is -2.09. The zero-order chi connectivity index (χ0) is 19.3. The van der Waals surface area contributed by atoms with E-state index in [0.717, 1.165) is 38.5 Å². The first-order valence-electron chi connectivity index (χ1n) is 9.85. The van der Waals surface area contributed by atoms with Gasteiger partial charge in [-0.1, -0.05) is 86.8 Å². The van der Waals surface area contributed by atoms with Gasteiger partial charge in [-0.25, -0.2) is 0 Å². The van der Waals surface area contributed by atoms with Crippen LogP contribution in [0.3, 0.4) is 0 Å². The topological polar surface area (TPSA) is 37.3 Å². The van der Waals surface area contributed by atoms with Crippen LogP contribution in [0.4, 0.5) is 0 Å². The van der Waals surface area contributed by atoms with Crippen LogP contribution >= 0.6 is 0 Å². The van der Waals surface area contributed by atoms with E-state index in [4.69, 9.17) is 5.11 Å². The Morgan fingerprint density at radius 1 is 0.654 bits per heavy atom. The molecular weight excluding hydrogens is 320 g/mol. The number of aliphatic carboxylic acids is 1. The van der Waals surface area contributed by atoms with Crippen molar-refractivity contribution in [2.75, 3.05) is 0 Å². The lowest BCUT2D eigenvalue weighted by Gasteiger charge is -2.04. The molecule has 2 heteroatoms. The molecule has 1 unspecified atom stereocenters. The van der Waals surface area contributed by atoms with Crippen molar-refractivity contribution in [1.29, 1.82) is 0 Å². The van der Waals surface area contributed by atoms with Crippen molar-refractivity contribution in [3.63, 3.8) is 0 Å². The summed E-state index contributed by atoms with van der Waals surface area (Å²) in [6, 6.07) is 0. The highest BCUT2D eigenvalue weighted by Crippen LogP contribution is 2.09. The SMILES string of the molecule is CCC=CCC=CCC=CCC=CCC=CC/C=C\CC(CC)C(=O)O. The summed E-state index contributed by atoms with van der Waals surface area (Å²) in [6.07, 6.45) is 33.1. The molecule has 0 heterocycles. The molecule has 26 heavy (non-hydrogen) atoms. The van der Waals surface area contributed by atoms with Gasteiger partial charge in [-0.15, -0.1) is 0 Å². The molecule has 144 valence electrons. The number of hydrogen-bond donors (Lipinski definition) is 1. The van der Waals surface area contributed by atoms with E-state index in [0.29, 0.717) is 12.8 Å². The van der Waals surface area contributed by atoms with Crippen molar-refractivity contribution in [3.8, 4) is 0 Å². The minimum Gasteiger partial charge on any atom is -0.481 e. The Labute approximate surface area is 160 Å². The first-order chi connectivity index (χ1) is 12.7. The molecule has 0 spiro atoms. The van der Waals surface area contributed by atoms with Gasteiger partial charge in [0.05, 0.1) is 5.92 Å². The minimum atomic E-state index is -0.702. The second-order valence-electron chi connectivity index (χ2n) is 6.09. The van der Waals surface area contributed by atoms with Crippen LogP contribution < -0.4 is 0 Å². The molecule has 0 aromatic rings. The van der Waals surface area contributed by atoms with E-state index in [2.05, 4.69) is 67.7 Å². The zero-order valence-electron chi connectivity index (χ0n) is 16.5. The van der Waals surface area contributed by atoms with Crippen LogP contribution in [0.5, 0.6) is 0 Å². The third kappa shape index (κ3) is 16.8. The standard InChI is InChI=1S/C24H36O2/c1-3-5-6-7-8-9-10-11-12-13-14-15-16-17-18-19-20-21-22-23(4-2)24(25)26/h5-6,8-9,11-12,14-15,17-18,20-21,23H,3-4,7,10,13,16,19,22H2,1-2H3,(H,25,26)/b6-5?,9-8?,12-11?,15-14?,18-17?,21-20-. The van der Waals surface area contributed by atoms with Crippen molar-refractivity contribution in [2.24, 2.45) is 5.92 Å². The van der Waals surface area contributed by atoms with Gasteiger partial charge >= 0.3 is 5.97 Å². The molecule has 0 bridgehead atoms. The van der Waals surface area contributed by atoms with Crippen molar-refractivity contribution >= 4 is 5.97 Å². The molecule has 0 saturated carbocycles. The lowest BCUT2D eigenvalue weighted by atomic mass is 10.0. The van der Waals surface area contributed by atoms with Crippen LogP contribution in [0.2, 0.25) is 0 Å². The van der Waals surface area contributed by atoms with Crippen LogP contribution in [0.15, 0.2) is 72.9 Å². The van der Waals surface area contributed by atoms with E-state index in [1.807, 2.05) is 19.1 Å². The summed E-state index contributed by atoms with van der Waals surface area (Å²) in [5.74, 6) is -0.952. The Kier molecular flexibility index (Phi) is 17.7. The first-order valence-corrected chi connectivity index (χ1v) is 9.85. The fourth-order valence-corrected chi connectivity index (χ4v) is 2.22. The van der Waals surface area contributed by atoms with Gasteiger partial charge in [0.2, 0.25) is 0 Å². The number of rotatable bonds is 15. The normalized spacial score (nSPS) is 14.2. The molecule has 0 aromatic carbocycles. The molecule has 0 saturated heterocycles. The number of carboxylic acids is 1. The lowest BCUT2D eigenvalue weighted by Crippen LogP contribution is -2.11. The summed E-state index contributed by atoms with van der Waals surface area (Å²) in [5.41, 5.74) is 0. The molecule has 1 N–H and O–H groups in total. The predicted octanol–water partition coefficient (Wildman–Crippen LogP) is 7.19. The van der Waals surface area contributed by atoms with Gasteiger partial charge in [-0.2, -0.15) is 0 Å². The molecule has 2 nitrogen and oxygen atoms in total. The first kappa shape index (κ1) is 23.9. The number of carboxylic acid groups (broad SMARTS) is 1. The summed E-state index contributed by atoms with van der Waals surface area (Å²) in [7, 11) is 0. The smallest absolute Gasteiger partial charge is 0.306 e. The Bertz CT molecular complexity index is 504.